The van der Waals surface area contributed by atoms with Crippen molar-refractivity contribution in [2.24, 2.45) is 0 Å². The number of amides is 1. The molecule has 2 aromatic rings. The van der Waals surface area contributed by atoms with Gasteiger partial charge in [-0.2, -0.15) is 0 Å². The second-order valence-corrected chi connectivity index (χ2v) is 7.84. The summed E-state index contributed by atoms with van der Waals surface area (Å²) in [7, 11) is -3.78. The number of aryl methyl sites for hydroxylation is 1. The van der Waals surface area contributed by atoms with Crippen LogP contribution in [0, 0.1) is 0 Å². The summed E-state index contributed by atoms with van der Waals surface area (Å²) < 4.78 is 27.0. The summed E-state index contributed by atoms with van der Waals surface area (Å²) in [5, 5.41) is 3.27. The van der Waals surface area contributed by atoms with E-state index in [1.54, 1.807) is 12.1 Å². The van der Waals surface area contributed by atoms with Crippen molar-refractivity contribution in [2.75, 3.05) is 11.3 Å². The van der Waals surface area contributed by atoms with Crippen molar-refractivity contribution in [3.05, 3.63) is 39.9 Å². The van der Waals surface area contributed by atoms with Crippen LogP contribution in [0.4, 0.5) is 5.13 Å². The molecule has 0 saturated carbocycles. The number of fused-ring (bicyclic) bond motifs is 1. The molecule has 0 aliphatic carbocycles. The fourth-order valence-corrected chi connectivity index (χ4v) is 4.55. The number of nitrogens with one attached hydrogen (secondary N) is 2. The number of anilines is 1. The van der Waals surface area contributed by atoms with E-state index >= 15 is 0 Å². The zero-order valence-corrected chi connectivity index (χ0v) is 13.7. The van der Waals surface area contributed by atoms with Crippen molar-refractivity contribution >= 4 is 44.0 Å². The van der Waals surface area contributed by atoms with Crippen LogP contribution < -0.4 is 10.0 Å². The third-order valence-corrected chi connectivity index (χ3v) is 5.82. The number of halogens is 1. The van der Waals surface area contributed by atoms with Gasteiger partial charge in [0.25, 0.3) is 15.9 Å². The fraction of sp³-hybridized carbons (Fsp3) is 0.231. The zero-order chi connectivity index (χ0) is 15.7. The van der Waals surface area contributed by atoms with Crippen LogP contribution in [0.15, 0.2) is 29.2 Å². The molecule has 0 bridgehead atoms. The molecule has 1 aliphatic rings. The summed E-state index contributed by atoms with van der Waals surface area (Å²) in [6, 6.07) is 5.95. The van der Waals surface area contributed by atoms with Gasteiger partial charge in [-0.05, 0) is 31.0 Å². The first-order valence-electron chi connectivity index (χ1n) is 6.52. The molecular formula is C13H12ClN3O3S2. The van der Waals surface area contributed by atoms with Crippen molar-refractivity contribution in [3.8, 4) is 0 Å². The average Bonchev–Trinajstić information content (AvgIpc) is 2.77. The number of carbonyl (C=O) groups excluding carboxylic acids is 1. The van der Waals surface area contributed by atoms with Crippen LogP contribution in [-0.2, 0) is 16.4 Å². The normalized spacial score (nSPS) is 14.9. The van der Waals surface area contributed by atoms with Crippen molar-refractivity contribution in [1.82, 2.24) is 10.3 Å². The van der Waals surface area contributed by atoms with Crippen LogP contribution in [0.2, 0.25) is 5.02 Å². The van der Waals surface area contributed by atoms with Gasteiger partial charge < -0.3 is 5.32 Å². The fourth-order valence-electron chi connectivity index (χ4n) is 2.09. The lowest BCUT2D eigenvalue weighted by atomic mass is 10.2. The minimum absolute atomic E-state index is 0.0508. The number of aromatic nitrogens is 1. The number of benzene rings is 1. The lowest BCUT2D eigenvalue weighted by Crippen LogP contribution is -2.21. The highest BCUT2D eigenvalue weighted by Gasteiger charge is 2.23. The number of hydrogen-bond acceptors (Lipinski definition) is 5. The van der Waals surface area contributed by atoms with Gasteiger partial charge >= 0.3 is 0 Å². The van der Waals surface area contributed by atoms with E-state index in [4.69, 9.17) is 11.6 Å². The molecule has 3 rings (SSSR count). The van der Waals surface area contributed by atoms with Gasteiger partial charge in [-0.1, -0.05) is 29.0 Å². The topological polar surface area (TPSA) is 88.2 Å². The predicted molar refractivity (Wildman–Crippen MR) is 85.0 cm³/mol. The third kappa shape index (κ3) is 3.08. The van der Waals surface area contributed by atoms with Gasteiger partial charge in [-0.15, -0.1) is 0 Å². The maximum absolute atomic E-state index is 12.3. The van der Waals surface area contributed by atoms with E-state index in [2.05, 4.69) is 15.0 Å². The van der Waals surface area contributed by atoms with Crippen LogP contribution >= 0.6 is 22.9 Å². The van der Waals surface area contributed by atoms with Gasteiger partial charge in [0.2, 0.25) is 0 Å². The molecule has 1 aromatic carbocycles. The van der Waals surface area contributed by atoms with Crippen LogP contribution in [0.25, 0.3) is 0 Å². The summed E-state index contributed by atoms with van der Waals surface area (Å²) in [5.41, 5.74) is 0.629. The third-order valence-electron chi connectivity index (χ3n) is 3.11. The van der Waals surface area contributed by atoms with E-state index in [1.165, 1.54) is 12.1 Å². The molecule has 1 amide bonds. The Morgan fingerprint density at radius 2 is 2.18 bits per heavy atom. The molecule has 116 valence electrons. The first-order chi connectivity index (χ1) is 10.5. The molecule has 0 radical (unpaired) electrons. The van der Waals surface area contributed by atoms with Crippen molar-refractivity contribution in [3.63, 3.8) is 0 Å². The molecule has 22 heavy (non-hydrogen) atoms. The lowest BCUT2D eigenvalue weighted by Gasteiger charge is -2.05. The molecule has 9 heteroatoms. The molecule has 0 unspecified atom stereocenters. The number of nitrogens with zero attached hydrogens (tertiary/aromatic N) is 1. The highest BCUT2D eigenvalue weighted by Crippen LogP contribution is 2.27. The number of thiazole rings is 1. The van der Waals surface area contributed by atoms with E-state index in [0.29, 0.717) is 28.6 Å². The smallest absolute Gasteiger partial charge is 0.263 e. The van der Waals surface area contributed by atoms with E-state index in [-0.39, 0.29) is 15.9 Å². The number of sulfonamides is 1. The van der Waals surface area contributed by atoms with Crippen molar-refractivity contribution in [2.45, 2.75) is 17.7 Å². The van der Waals surface area contributed by atoms with E-state index < -0.39 is 10.0 Å². The molecule has 1 aliphatic heterocycles. The summed E-state index contributed by atoms with van der Waals surface area (Å²) in [5.74, 6) is -0.210. The Morgan fingerprint density at radius 3 is 2.95 bits per heavy atom. The van der Waals surface area contributed by atoms with E-state index in [1.807, 2.05) is 0 Å². The molecule has 0 atom stereocenters. The summed E-state index contributed by atoms with van der Waals surface area (Å²) >= 11 is 6.85. The average molecular weight is 358 g/mol. The minimum Gasteiger partial charge on any atom is -0.351 e. The lowest BCUT2D eigenvalue weighted by molar-refractivity contribution is 0.0960. The van der Waals surface area contributed by atoms with Crippen molar-refractivity contribution < 1.29 is 13.2 Å². The molecule has 6 nitrogen and oxygen atoms in total. The van der Waals surface area contributed by atoms with Crippen LogP contribution in [0.5, 0.6) is 0 Å². The van der Waals surface area contributed by atoms with Crippen LogP contribution in [0.3, 0.4) is 0 Å². The Morgan fingerprint density at radius 1 is 1.36 bits per heavy atom. The second-order valence-electron chi connectivity index (χ2n) is 4.72. The van der Waals surface area contributed by atoms with Gasteiger partial charge in [0.15, 0.2) is 5.13 Å². The maximum Gasteiger partial charge on any atom is 0.263 e. The first-order valence-corrected chi connectivity index (χ1v) is 9.20. The summed E-state index contributed by atoms with van der Waals surface area (Å²) in [6.45, 7) is 0.603. The quantitative estimate of drug-likeness (QED) is 0.882. The molecular weight excluding hydrogens is 346 g/mol. The maximum atomic E-state index is 12.3. The minimum atomic E-state index is -3.78. The van der Waals surface area contributed by atoms with Gasteiger partial charge in [0, 0.05) is 11.6 Å². The SMILES string of the molecule is O=C1NCCCc2nc(NS(=O)(=O)c3cccc(Cl)c3)sc21. The highest BCUT2D eigenvalue weighted by molar-refractivity contribution is 7.93. The highest BCUT2D eigenvalue weighted by atomic mass is 35.5. The summed E-state index contributed by atoms with van der Waals surface area (Å²) in [6.07, 6.45) is 1.42. The van der Waals surface area contributed by atoms with Gasteiger partial charge in [-0.25, -0.2) is 13.4 Å². The molecule has 0 saturated heterocycles. The van der Waals surface area contributed by atoms with Crippen LogP contribution in [0.1, 0.15) is 21.8 Å². The van der Waals surface area contributed by atoms with Crippen molar-refractivity contribution in [1.29, 1.82) is 0 Å². The second kappa shape index (κ2) is 5.86. The molecule has 2 N–H and O–H groups in total. The van der Waals surface area contributed by atoms with E-state index in [9.17, 15) is 13.2 Å². The Labute approximate surface area is 136 Å². The Balaban J connectivity index is 1.90. The first kappa shape index (κ1) is 15.3. The molecule has 0 fully saturated rings. The van der Waals surface area contributed by atoms with Crippen LogP contribution in [-0.4, -0.2) is 25.9 Å². The Bertz CT molecular complexity index is 833. The predicted octanol–water partition coefficient (Wildman–Crippen LogP) is 2.27. The van der Waals surface area contributed by atoms with Gasteiger partial charge in [0.1, 0.15) is 4.88 Å². The zero-order valence-electron chi connectivity index (χ0n) is 11.3. The molecule has 0 spiro atoms. The standard InChI is InChI=1S/C13H12ClN3O3S2/c14-8-3-1-4-9(7-8)22(19,20)17-13-16-10-5-2-6-15-12(18)11(10)21-13/h1,3-4,7H,2,5-6H2,(H,15,18)(H,16,17). The summed E-state index contributed by atoms with van der Waals surface area (Å²) in [4.78, 5) is 16.6. The number of carbonyl (C=O) groups is 1. The Kier molecular flexibility index (Phi) is 4.07. The van der Waals surface area contributed by atoms with Gasteiger partial charge in [0.05, 0.1) is 10.6 Å². The van der Waals surface area contributed by atoms with Gasteiger partial charge in [-0.3, -0.25) is 9.52 Å². The molecule has 2 heterocycles. The largest absolute Gasteiger partial charge is 0.351 e. The monoisotopic (exact) mass is 357 g/mol. The Hall–Kier alpha value is -1.64. The van der Waals surface area contributed by atoms with E-state index in [0.717, 1.165) is 17.8 Å². The molecule has 1 aromatic heterocycles. The number of hydrogen-bond donors (Lipinski definition) is 2. The number of rotatable bonds is 3.